The molecule has 0 saturated carbocycles. The molecule has 0 atom stereocenters. The van der Waals surface area contributed by atoms with Gasteiger partial charge in [0.2, 0.25) is 0 Å². The lowest BCUT2D eigenvalue weighted by atomic mass is 10.2. The van der Waals surface area contributed by atoms with Gasteiger partial charge in [0.1, 0.15) is 5.15 Å². The molecule has 18 heavy (non-hydrogen) atoms. The zero-order chi connectivity index (χ0) is 13.5. The molecule has 5 nitrogen and oxygen atoms in total. The van der Waals surface area contributed by atoms with E-state index >= 15 is 0 Å². The van der Waals surface area contributed by atoms with Crippen LogP contribution in [0.2, 0.25) is 5.15 Å². The van der Waals surface area contributed by atoms with Gasteiger partial charge >= 0.3 is 11.9 Å². The smallest absolute Gasteiger partial charge is 0.338 e. The van der Waals surface area contributed by atoms with Gasteiger partial charge in [-0.1, -0.05) is 23.8 Å². The number of carboxylic acid groups (broad SMARTS) is 1. The number of aromatic nitrogens is 1. The summed E-state index contributed by atoms with van der Waals surface area (Å²) in [5.41, 5.74) is 0.482. The second-order valence-corrected chi connectivity index (χ2v) is 3.68. The third-order valence-electron chi connectivity index (χ3n) is 1.99. The molecule has 0 aliphatic heterocycles. The molecule has 0 fully saturated rings. The highest BCUT2D eigenvalue weighted by Crippen LogP contribution is 2.15. The maximum atomic E-state index is 11.1. The second kappa shape index (κ2) is 6.76. The predicted molar refractivity (Wildman–Crippen MR) is 66.5 cm³/mol. The average Bonchev–Trinajstić information content (AvgIpc) is 2.31. The zero-order valence-electron chi connectivity index (χ0n) is 9.72. The first-order chi connectivity index (χ1) is 8.54. The van der Waals surface area contributed by atoms with E-state index in [9.17, 15) is 9.59 Å². The van der Waals surface area contributed by atoms with Crippen molar-refractivity contribution in [3.63, 3.8) is 0 Å². The lowest BCUT2D eigenvalue weighted by Crippen LogP contribution is -2.01. The number of rotatable bonds is 5. The van der Waals surface area contributed by atoms with Crippen LogP contribution in [0.1, 0.15) is 29.3 Å². The van der Waals surface area contributed by atoms with Crippen molar-refractivity contribution in [1.29, 1.82) is 0 Å². The minimum atomic E-state index is -1.15. The first kappa shape index (κ1) is 14.2. The molecule has 0 amide bonds. The van der Waals surface area contributed by atoms with Crippen LogP contribution in [0.3, 0.4) is 0 Å². The van der Waals surface area contributed by atoms with Crippen molar-refractivity contribution in [2.45, 2.75) is 13.3 Å². The Morgan fingerprint density at radius 3 is 2.89 bits per heavy atom. The van der Waals surface area contributed by atoms with Crippen molar-refractivity contribution < 1.29 is 19.4 Å². The van der Waals surface area contributed by atoms with Crippen molar-refractivity contribution in [3.05, 3.63) is 34.6 Å². The summed E-state index contributed by atoms with van der Waals surface area (Å²) < 4.78 is 4.74. The van der Waals surface area contributed by atoms with E-state index in [1.54, 1.807) is 19.1 Å². The minimum Gasteiger partial charge on any atom is -0.478 e. The van der Waals surface area contributed by atoms with Crippen LogP contribution in [0.4, 0.5) is 0 Å². The Bertz CT molecular complexity index is 485. The first-order valence-electron chi connectivity index (χ1n) is 5.25. The van der Waals surface area contributed by atoms with Crippen LogP contribution in [0.25, 0.3) is 6.08 Å². The SMILES string of the molecule is CCOC(=O)CC=Cc1cnc(Cl)c(C(=O)O)c1. The highest BCUT2D eigenvalue weighted by Gasteiger charge is 2.09. The lowest BCUT2D eigenvalue weighted by molar-refractivity contribution is -0.142. The number of halogens is 1. The molecule has 1 aromatic heterocycles. The van der Waals surface area contributed by atoms with E-state index in [1.807, 2.05) is 0 Å². The molecule has 1 rings (SSSR count). The number of ether oxygens (including phenoxy) is 1. The molecule has 1 aromatic rings. The molecular formula is C12H12ClNO4. The largest absolute Gasteiger partial charge is 0.478 e. The van der Waals surface area contributed by atoms with Gasteiger partial charge in [-0.05, 0) is 18.6 Å². The van der Waals surface area contributed by atoms with Gasteiger partial charge in [-0.3, -0.25) is 4.79 Å². The lowest BCUT2D eigenvalue weighted by Gasteiger charge is -2.00. The fourth-order valence-electron chi connectivity index (χ4n) is 1.22. The molecule has 0 bridgehead atoms. The molecular weight excluding hydrogens is 258 g/mol. The Kier molecular flexibility index (Phi) is 5.32. The fraction of sp³-hybridized carbons (Fsp3) is 0.250. The van der Waals surface area contributed by atoms with E-state index < -0.39 is 5.97 Å². The number of hydrogen-bond donors (Lipinski definition) is 1. The highest BCUT2D eigenvalue weighted by atomic mass is 35.5. The van der Waals surface area contributed by atoms with Gasteiger partial charge < -0.3 is 9.84 Å². The molecule has 0 aromatic carbocycles. The summed E-state index contributed by atoms with van der Waals surface area (Å²) in [6.45, 7) is 2.06. The normalized spacial score (nSPS) is 10.6. The van der Waals surface area contributed by atoms with Crippen molar-refractivity contribution in [2.75, 3.05) is 6.61 Å². The summed E-state index contributed by atoms with van der Waals surface area (Å²) in [6.07, 6.45) is 4.72. The van der Waals surface area contributed by atoms with Crippen molar-refractivity contribution in [3.8, 4) is 0 Å². The molecule has 1 N–H and O–H groups in total. The maximum absolute atomic E-state index is 11.1. The van der Waals surface area contributed by atoms with Crippen molar-refractivity contribution >= 4 is 29.6 Å². The van der Waals surface area contributed by atoms with Gasteiger partial charge in [-0.25, -0.2) is 9.78 Å². The number of nitrogens with zero attached hydrogens (tertiary/aromatic N) is 1. The van der Waals surface area contributed by atoms with Gasteiger partial charge in [-0.2, -0.15) is 0 Å². The van der Waals surface area contributed by atoms with Crippen LogP contribution >= 0.6 is 11.6 Å². The van der Waals surface area contributed by atoms with Crippen LogP contribution in [-0.4, -0.2) is 28.6 Å². The Morgan fingerprint density at radius 2 is 2.28 bits per heavy atom. The van der Waals surface area contributed by atoms with E-state index in [1.165, 1.54) is 12.3 Å². The minimum absolute atomic E-state index is 0.0648. The highest BCUT2D eigenvalue weighted by molar-refractivity contribution is 6.32. The van der Waals surface area contributed by atoms with E-state index in [-0.39, 0.29) is 23.1 Å². The quantitative estimate of drug-likeness (QED) is 0.656. The molecule has 0 spiro atoms. The molecule has 0 aliphatic carbocycles. The van der Waals surface area contributed by atoms with Gasteiger partial charge in [0.05, 0.1) is 18.6 Å². The number of carbonyl (C=O) groups excluding carboxylic acids is 1. The Morgan fingerprint density at radius 1 is 1.56 bits per heavy atom. The first-order valence-corrected chi connectivity index (χ1v) is 5.63. The molecule has 1 heterocycles. The molecule has 96 valence electrons. The van der Waals surface area contributed by atoms with Gasteiger partial charge in [0.25, 0.3) is 0 Å². The van der Waals surface area contributed by atoms with Crippen molar-refractivity contribution in [1.82, 2.24) is 4.98 Å². The van der Waals surface area contributed by atoms with Crippen molar-refractivity contribution in [2.24, 2.45) is 0 Å². The Balaban J connectivity index is 2.73. The molecule has 0 radical (unpaired) electrons. The van der Waals surface area contributed by atoms with Crippen LogP contribution < -0.4 is 0 Å². The maximum Gasteiger partial charge on any atom is 0.338 e. The topological polar surface area (TPSA) is 76.5 Å². The van der Waals surface area contributed by atoms with Gasteiger partial charge in [-0.15, -0.1) is 0 Å². The average molecular weight is 270 g/mol. The standard InChI is InChI=1S/C12H12ClNO4/c1-2-18-10(15)5-3-4-8-6-9(12(16)17)11(13)14-7-8/h3-4,6-7H,2,5H2,1H3,(H,16,17). The van der Waals surface area contributed by atoms with Crippen LogP contribution in [-0.2, 0) is 9.53 Å². The third-order valence-corrected chi connectivity index (χ3v) is 2.29. The van der Waals surface area contributed by atoms with E-state index in [2.05, 4.69) is 4.98 Å². The summed E-state index contributed by atoms with van der Waals surface area (Å²) in [4.78, 5) is 25.6. The summed E-state index contributed by atoms with van der Waals surface area (Å²) in [6, 6.07) is 1.39. The monoisotopic (exact) mass is 269 g/mol. The van der Waals surface area contributed by atoms with E-state index in [4.69, 9.17) is 21.4 Å². The molecule has 6 heteroatoms. The summed E-state index contributed by atoms with van der Waals surface area (Å²) in [5, 5.41) is 8.79. The number of pyridine rings is 1. The van der Waals surface area contributed by atoms with Gasteiger partial charge in [0.15, 0.2) is 0 Å². The van der Waals surface area contributed by atoms with Gasteiger partial charge in [0, 0.05) is 6.20 Å². The third kappa shape index (κ3) is 4.18. The van der Waals surface area contributed by atoms with E-state index in [0.717, 1.165) is 0 Å². The number of esters is 1. The second-order valence-electron chi connectivity index (χ2n) is 3.32. The number of hydrogen-bond acceptors (Lipinski definition) is 4. The Labute approximate surface area is 109 Å². The Hall–Kier alpha value is -1.88. The summed E-state index contributed by atoms with van der Waals surface area (Å²) >= 11 is 5.63. The summed E-state index contributed by atoms with van der Waals surface area (Å²) in [5.74, 6) is -1.48. The number of carbonyl (C=O) groups is 2. The predicted octanol–water partition coefficient (Wildman–Crippen LogP) is 2.40. The molecule has 0 unspecified atom stereocenters. The number of carboxylic acids is 1. The van der Waals surface area contributed by atoms with E-state index in [0.29, 0.717) is 12.2 Å². The van der Waals surface area contributed by atoms with Crippen LogP contribution in [0.5, 0.6) is 0 Å². The zero-order valence-corrected chi connectivity index (χ0v) is 10.5. The summed E-state index contributed by atoms with van der Waals surface area (Å²) in [7, 11) is 0. The van der Waals surface area contributed by atoms with Crippen LogP contribution in [0, 0.1) is 0 Å². The number of aromatic carboxylic acids is 1. The van der Waals surface area contributed by atoms with Crippen LogP contribution in [0.15, 0.2) is 18.3 Å². The molecule has 0 aliphatic rings. The fourth-order valence-corrected chi connectivity index (χ4v) is 1.40. The molecule has 0 saturated heterocycles.